The van der Waals surface area contributed by atoms with Crippen molar-refractivity contribution in [2.75, 3.05) is 5.33 Å². The van der Waals surface area contributed by atoms with Crippen LogP contribution < -0.4 is 5.32 Å². The molecule has 0 aromatic carbocycles. The molecule has 0 aromatic heterocycles. The lowest BCUT2D eigenvalue weighted by Gasteiger charge is -2.24. The Bertz CT molecular complexity index is 206. The van der Waals surface area contributed by atoms with Crippen LogP contribution in [0.2, 0.25) is 0 Å². The van der Waals surface area contributed by atoms with Gasteiger partial charge in [-0.3, -0.25) is 4.79 Å². The molecule has 3 heteroatoms. The van der Waals surface area contributed by atoms with Crippen molar-refractivity contribution in [2.45, 2.75) is 65.8 Å². The first-order chi connectivity index (χ1) is 8.06. The van der Waals surface area contributed by atoms with E-state index in [1.54, 1.807) is 0 Å². The van der Waals surface area contributed by atoms with E-state index in [4.69, 9.17) is 0 Å². The van der Waals surface area contributed by atoms with Gasteiger partial charge in [-0.05, 0) is 25.2 Å². The summed E-state index contributed by atoms with van der Waals surface area (Å²) >= 11 is 3.45. The van der Waals surface area contributed by atoms with Crippen LogP contribution in [0.4, 0.5) is 0 Å². The Kier molecular flexibility index (Phi) is 9.90. The van der Waals surface area contributed by atoms with Crippen LogP contribution in [0.25, 0.3) is 0 Å². The summed E-state index contributed by atoms with van der Waals surface area (Å²) in [5, 5.41) is 4.15. The number of amides is 1. The van der Waals surface area contributed by atoms with Gasteiger partial charge >= 0.3 is 0 Å². The first kappa shape index (κ1) is 16.9. The molecule has 0 saturated carbocycles. The number of hydrogen-bond donors (Lipinski definition) is 1. The number of rotatable bonds is 9. The molecule has 0 spiro atoms. The molecular weight excluding hydrogens is 278 g/mol. The van der Waals surface area contributed by atoms with E-state index in [-0.39, 0.29) is 11.8 Å². The average molecular weight is 306 g/mol. The van der Waals surface area contributed by atoms with Crippen molar-refractivity contribution in [3.8, 4) is 0 Å². The Hall–Kier alpha value is -0.0500. The van der Waals surface area contributed by atoms with Crippen LogP contribution in [0, 0.1) is 11.8 Å². The molecule has 0 fully saturated rings. The van der Waals surface area contributed by atoms with E-state index in [1.807, 2.05) is 0 Å². The second kappa shape index (κ2) is 9.93. The summed E-state index contributed by atoms with van der Waals surface area (Å²) in [5.41, 5.74) is 0. The summed E-state index contributed by atoms with van der Waals surface area (Å²) in [6, 6.07) is 0.303. The van der Waals surface area contributed by atoms with Gasteiger partial charge in [-0.25, -0.2) is 0 Å². The molecule has 0 aliphatic carbocycles. The highest BCUT2D eigenvalue weighted by Crippen LogP contribution is 2.15. The van der Waals surface area contributed by atoms with Crippen LogP contribution in [0.1, 0.15) is 59.8 Å². The van der Waals surface area contributed by atoms with Crippen molar-refractivity contribution in [1.29, 1.82) is 0 Å². The average Bonchev–Trinajstić information content (AvgIpc) is 2.29. The molecule has 1 amide bonds. The Morgan fingerprint density at radius 1 is 1.24 bits per heavy atom. The first-order valence-electron chi connectivity index (χ1n) is 6.93. The predicted molar refractivity (Wildman–Crippen MR) is 78.5 cm³/mol. The number of alkyl halides is 1. The van der Waals surface area contributed by atoms with Crippen molar-refractivity contribution in [3.05, 3.63) is 0 Å². The molecule has 0 aliphatic rings. The van der Waals surface area contributed by atoms with Crippen molar-refractivity contribution in [3.63, 3.8) is 0 Å². The summed E-state index contributed by atoms with van der Waals surface area (Å²) in [5.74, 6) is 0.951. The third-order valence-corrected chi connectivity index (χ3v) is 3.78. The number of unbranched alkanes of at least 4 members (excludes halogenated alkanes) is 1. The maximum atomic E-state index is 12.1. The smallest absolute Gasteiger partial charge is 0.223 e. The summed E-state index contributed by atoms with van der Waals surface area (Å²) in [7, 11) is 0. The quantitative estimate of drug-likeness (QED) is 0.638. The van der Waals surface area contributed by atoms with E-state index in [1.165, 1.54) is 6.42 Å². The van der Waals surface area contributed by atoms with Crippen molar-refractivity contribution in [1.82, 2.24) is 5.32 Å². The van der Waals surface area contributed by atoms with Gasteiger partial charge in [0.2, 0.25) is 5.91 Å². The van der Waals surface area contributed by atoms with Gasteiger partial charge in [-0.15, -0.1) is 0 Å². The molecule has 0 rings (SSSR count). The molecule has 0 heterocycles. The first-order valence-corrected chi connectivity index (χ1v) is 8.05. The van der Waals surface area contributed by atoms with Crippen LogP contribution in [-0.4, -0.2) is 17.3 Å². The fraction of sp³-hybridized carbons (Fsp3) is 0.929. The minimum Gasteiger partial charge on any atom is -0.353 e. The summed E-state index contributed by atoms with van der Waals surface area (Å²) in [6.07, 6.45) is 5.30. The van der Waals surface area contributed by atoms with Gasteiger partial charge in [0.05, 0.1) is 0 Å². The molecule has 0 aliphatic heterocycles. The summed E-state index contributed by atoms with van der Waals surface area (Å²) in [6.45, 7) is 8.61. The number of halogens is 1. The monoisotopic (exact) mass is 305 g/mol. The lowest BCUT2D eigenvalue weighted by atomic mass is 9.96. The maximum Gasteiger partial charge on any atom is 0.223 e. The molecule has 17 heavy (non-hydrogen) atoms. The van der Waals surface area contributed by atoms with Gasteiger partial charge < -0.3 is 5.32 Å². The Morgan fingerprint density at radius 3 is 2.29 bits per heavy atom. The van der Waals surface area contributed by atoms with E-state index < -0.39 is 0 Å². The second-order valence-corrected chi connectivity index (χ2v) is 5.88. The minimum absolute atomic E-state index is 0.200. The van der Waals surface area contributed by atoms with Gasteiger partial charge in [0.25, 0.3) is 0 Å². The van der Waals surface area contributed by atoms with Crippen molar-refractivity contribution < 1.29 is 4.79 Å². The zero-order chi connectivity index (χ0) is 13.3. The topological polar surface area (TPSA) is 29.1 Å². The molecule has 0 aromatic rings. The number of nitrogens with one attached hydrogen (secondary N) is 1. The summed E-state index contributed by atoms with van der Waals surface area (Å²) < 4.78 is 0. The third kappa shape index (κ3) is 7.07. The Labute approximate surface area is 115 Å². The molecule has 0 saturated heterocycles. The van der Waals surface area contributed by atoms with Crippen LogP contribution in [0.15, 0.2) is 0 Å². The van der Waals surface area contributed by atoms with Crippen molar-refractivity contribution >= 4 is 21.8 Å². The number of hydrogen-bond acceptors (Lipinski definition) is 1. The number of carbonyl (C=O) groups excluding carboxylic acids is 1. The Morgan fingerprint density at radius 2 is 1.88 bits per heavy atom. The zero-order valence-corrected chi connectivity index (χ0v) is 13.3. The highest BCUT2D eigenvalue weighted by molar-refractivity contribution is 9.09. The zero-order valence-electron chi connectivity index (χ0n) is 11.8. The third-order valence-electron chi connectivity index (χ3n) is 3.32. The molecule has 102 valence electrons. The van der Waals surface area contributed by atoms with Gasteiger partial charge in [-0.2, -0.15) is 0 Å². The molecule has 2 nitrogen and oxygen atoms in total. The second-order valence-electron chi connectivity index (χ2n) is 5.08. The fourth-order valence-corrected chi connectivity index (χ4v) is 2.45. The Balaban J connectivity index is 4.25. The fourth-order valence-electron chi connectivity index (χ4n) is 1.96. The van der Waals surface area contributed by atoms with Crippen LogP contribution in [0.3, 0.4) is 0 Å². The van der Waals surface area contributed by atoms with Gasteiger partial charge in [0, 0.05) is 17.3 Å². The lowest BCUT2D eigenvalue weighted by Crippen LogP contribution is -2.42. The van der Waals surface area contributed by atoms with Gasteiger partial charge in [-0.1, -0.05) is 56.5 Å². The van der Waals surface area contributed by atoms with Crippen LogP contribution in [-0.2, 0) is 4.79 Å². The van der Waals surface area contributed by atoms with Crippen molar-refractivity contribution in [2.24, 2.45) is 11.8 Å². The van der Waals surface area contributed by atoms with Gasteiger partial charge in [0.15, 0.2) is 0 Å². The van der Waals surface area contributed by atoms with E-state index in [9.17, 15) is 4.79 Å². The van der Waals surface area contributed by atoms with E-state index >= 15 is 0 Å². The molecular formula is C14H28BrNO. The molecule has 0 bridgehead atoms. The SMILES string of the molecule is CCCCC(CC)C(=O)NC(CCBr)C(C)C. The van der Waals surface area contributed by atoms with E-state index in [0.29, 0.717) is 12.0 Å². The minimum atomic E-state index is 0.200. The molecule has 2 unspecified atom stereocenters. The molecule has 1 N–H and O–H groups in total. The maximum absolute atomic E-state index is 12.1. The normalized spacial score (nSPS) is 14.7. The van der Waals surface area contributed by atoms with Crippen LogP contribution >= 0.6 is 15.9 Å². The van der Waals surface area contributed by atoms with E-state index in [2.05, 4.69) is 48.9 Å². The van der Waals surface area contributed by atoms with Crippen LogP contribution in [0.5, 0.6) is 0 Å². The summed E-state index contributed by atoms with van der Waals surface area (Å²) in [4.78, 5) is 12.1. The highest BCUT2D eigenvalue weighted by atomic mass is 79.9. The predicted octanol–water partition coefficient (Wildman–Crippen LogP) is 4.13. The highest BCUT2D eigenvalue weighted by Gasteiger charge is 2.20. The van der Waals surface area contributed by atoms with E-state index in [0.717, 1.165) is 31.0 Å². The number of carbonyl (C=O) groups is 1. The standard InChI is InChI=1S/C14H28BrNO/c1-5-7-8-12(6-2)14(17)16-13(9-10-15)11(3)4/h11-13H,5-10H2,1-4H3,(H,16,17). The lowest BCUT2D eigenvalue weighted by molar-refractivity contribution is -0.126. The molecule has 0 radical (unpaired) electrons. The molecule has 2 atom stereocenters. The van der Waals surface area contributed by atoms with Gasteiger partial charge in [0.1, 0.15) is 0 Å². The largest absolute Gasteiger partial charge is 0.353 e.